The van der Waals surface area contributed by atoms with Crippen LogP contribution >= 0.6 is 0 Å². The van der Waals surface area contributed by atoms with Gasteiger partial charge in [0.25, 0.3) is 0 Å². The summed E-state index contributed by atoms with van der Waals surface area (Å²) in [7, 11) is 0. The molecule has 2 N–H and O–H groups in total. The Balaban J connectivity index is 1.54. The van der Waals surface area contributed by atoms with Gasteiger partial charge in [-0.15, -0.1) is 0 Å². The Bertz CT molecular complexity index is 523. The number of hydrogen-bond acceptors (Lipinski definition) is 3. The Morgan fingerprint density at radius 2 is 1.90 bits per heavy atom. The third kappa shape index (κ3) is 2.55. The summed E-state index contributed by atoms with van der Waals surface area (Å²) < 4.78 is 5.41. The molecule has 106 valence electrons. The first kappa shape index (κ1) is 13.2. The molecule has 0 heterocycles. The average Bonchev–Trinajstić information content (AvgIpc) is 3.08. The largest absolute Gasteiger partial charge is 0.461 e. The van der Waals surface area contributed by atoms with E-state index in [9.17, 15) is 9.59 Å². The highest BCUT2D eigenvalue weighted by atomic mass is 16.5. The molecule has 0 aromatic heterocycles. The van der Waals surface area contributed by atoms with Gasteiger partial charge in [-0.25, -0.2) is 0 Å². The molecule has 3 atom stereocenters. The van der Waals surface area contributed by atoms with Crippen LogP contribution in [-0.4, -0.2) is 11.9 Å². The third-order valence-electron chi connectivity index (χ3n) is 4.66. The van der Waals surface area contributed by atoms with Crippen LogP contribution in [0.5, 0.6) is 0 Å². The van der Waals surface area contributed by atoms with Crippen molar-refractivity contribution < 1.29 is 14.3 Å². The molecule has 2 bridgehead atoms. The zero-order chi connectivity index (χ0) is 14.1. The van der Waals surface area contributed by atoms with Gasteiger partial charge in [-0.1, -0.05) is 18.6 Å². The summed E-state index contributed by atoms with van der Waals surface area (Å²) in [4.78, 5) is 23.0. The van der Waals surface area contributed by atoms with E-state index in [0.717, 1.165) is 17.9 Å². The molecule has 2 fully saturated rings. The Morgan fingerprint density at radius 3 is 2.45 bits per heavy atom. The number of carbonyl (C=O) groups is 2. The minimum absolute atomic E-state index is 0.0591. The highest BCUT2D eigenvalue weighted by Gasteiger charge is 2.43. The number of nitrogens with two attached hydrogens (primary N) is 1. The van der Waals surface area contributed by atoms with E-state index in [4.69, 9.17) is 10.5 Å². The van der Waals surface area contributed by atoms with Crippen molar-refractivity contribution in [2.75, 3.05) is 0 Å². The van der Waals surface area contributed by atoms with Crippen LogP contribution in [0.25, 0.3) is 0 Å². The third-order valence-corrected chi connectivity index (χ3v) is 4.66. The Hall–Kier alpha value is -1.84. The highest BCUT2D eigenvalue weighted by Crippen LogP contribution is 2.48. The second-order valence-corrected chi connectivity index (χ2v) is 5.95. The van der Waals surface area contributed by atoms with E-state index < -0.39 is 5.91 Å². The fraction of sp³-hybridized carbons (Fsp3) is 0.500. The van der Waals surface area contributed by atoms with Gasteiger partial charge in [-0.2, -0.15) is 0 Å². The van der Waals surface area contributed by atoms with Crippen LogP contribution in [0.1, 0.15) is 41.6 Å². The fourth-order valence-corrected chi connectivity index (χ4v) is 3.56. The van der Waals surface area contributed by atoms with Gasteiger partial charge in [-0.3, -0.25) is 9.59 Å². The molecule has 0 unspecified atom stereocenters. The van der Waals surface area contributed by atoms with E-state index in [1.165, 1.54) is 19.3 Å². The summed E-state index contributed by atoms with van der Waals surface area (Å²) in [5.41, 5.74) is 6.53. The number of rotatable bonds is 4. The van der Waals surface area contributed by atoms with Gasteiger partial charge < -0.3 is 10.5 Å². The number of amides is 1. The first-order chi connectivity index (χ1) is 9.63. The average molecular weight is 273 g/mol. The predicted molar refractivity (Wildman–Crippen MR) is 73.7 cm³/mol. The summed E-state index contributed by atoms with van der Waals surface area (Å²) in [5.74, 6) is 0.891. The molecule has 0 radical (unpaired) electrons. The quantitative estimate of drug-likeness (QED) is 0.855. The molecule has 0 aliphatic heterocycles. The Morgan fingerprint density at radius 1 is 1.15 bits per heavy atom. The van der Waals surface area contributed by atoms with Crippen LogP contribution in [0, 0.1) is 17.8 Å². The second-order valence-electron chi connectivity index (χ2n) is 5.95. The number of benzene rings is 1. The Labute approximate surface area is 118 Å². The van der Waals surface area contributed by atoms with Crippen LogP contribution < -0.4 is 5.73 Å². The first-order valence-electron chi connectivity index (χ1n) is 7.19. The summed E-state index contributed by atoms with van der Waals surface area (Å²) in [5, 5.41) is 0. The van der Waals surface area contributed by atoms with Crippen molar-refractivity contribution in [2.24, 2.45) is 23.5 Å². The molecule has 20 heavy (non-hydrogen) atoms. The lowest BCUT2D eigenvalue weighted by Crippen LogP contribution is -2.23. The lowest BCUT2D eigenvalue weighted by molar-refractivity contribution is -0.151. The van der Waals surface area contributed by atoms with Gasteiger partial charge in [0.05, 0.1) is 5.92 Å². The number of esters is 1. The van der Waals surface area contributed by atoms with E-state index in [1.807, 2.05) is 0 Å². The molecule has 2 saturated carbocycles. The van der Waals surface area contributed by atoms with Crippen LogP contribution in [0.2, 0.25) is 0 Å². The molecular formula is C16H19NO3. The summed E-state index contributed by atoms with van der Waals surface area (Å²) in [6.07, 6.45) is 4.66. The summed E-state index contributed by atoms with van der Waals surface area (Å²) >= 11 is 0. The highest BCUT2D eigenvalue weighted by molar-refractivity contribution is 5.92. The zero-order valence-corrected chi connectivity index (χ0v) is 11.4. The fourth-order valence-electron chi connectivity index (χ4n) is 3.56. The van der Waals surface area contributed by atoms with Crippen molar-refractivity contribution in [3.05, 3.63) is 35.4 Å². The van der Waals surface area contributed by atoms with Crippen molar-refractivity contribution in [1.82, 2.24) is 0 Å². The van der Waals surface area contributed by atoms with Crippen molar-refractivity contribution >= 4 is 11.9 Å². The minimum atomic E-state index is -0.449. The van der Waals surface area contributed by atoms with Gasteiger partial charge in [0.15, 0.2) is 0 Å². The number of fused-ring (bicyclic) bond motifs is 2. The Kier molecular flexibility index (Phi) is 3.47. The van der Waals surface area contributed by atoms with Crippen LogP contribution in [0.4, 0.5) is 0 Å². The normalized spacial score (nSPS) is 27.5. The van der Waals surface area contributed by atoms with Crippen LogP contribution in [-0.2, 0) is 16.1 Å². The van der Waals surface area contributed by atoms with E-state index in [-0.39, 0.29) is 18.5 Å². The molecule has 4 nitrogen and oxygen atoms in total. The van der Waals surface area contributed by atoms with E-state index >= 15 is 0 Å². The molecule has 2 aliphatic carbocycles. The minimum Gasteiger partial charge on any atom is -0.461 e. The maximum absolute atomic E-state index is 12.1. The van der Waals surface area contributed by atoms with E-state index in [2.05, 4.69) is 0 Å². The topological polar surface area (TPSA) is 69.4 Å². The number of ether oxygens (including phenoxy) is 1. The summed E-state index contributed by atoms with van der Waals surface area (Å²) in [6.45, 7) is 0.270. The van der Waals surface area contributed by atoms with Crippen LogP contribution in [0.3, 0.4) is 0 Å². The lowest BCUT2D eigenvalue weighted by Gasteiger charge is -2.19. The van der Waals surface area contributed by atoms with Crippen molar-refractivity contribution in [3.8, 4) is 0 Å². The van der Waals surface area contributed by atoms with E-state index in [1.54, 1.807) is 24.3 Å². The standard InChI is InChI=1S/C16H19NO3/c17-15(18)12-4-1-10(2-5-12)9-20-16(19)14-8-11-3-6-13(14)7-11/h1-2,4-5,11,13-14H,3,6-9H2,(H2,17,18)/t11-,13-,14-/m0/s1. The molecular weight excluding hydrogens is 254 g/mol. The molecule has 4 heteroatoms. The smallest absolute Gasteiger partial charge is 0.309 e. The molecule has 1 aromatic carbocycles. The summed E-state index contributed by atoms with van der Waals surface area (Å²) in [6, 6.07) is 6.86. The van der Waals surface area contributed by atoms with E-state index in [0.29, 0.717) is 11.5 Å². The zero-order valence-electron chi connectivity index (χ0n) is 11.4. The van der Waals surface area contributed by atoms with Gasteiger partial charge >= 0.3 is 5.97 Å². The second kappa shape index (κ2) is 5.27. The SMILES string of the molecule is NC(=O)c1ccc(COC(=O)[C@H]2C[C@H]3CC[C@H]2C3)cc1. The van der Waals surface area contributed by atoms with Gasteiger partial charge in [-0.05, 0) is 48.8 Å². The number of hydrogen-bond donors (Lipinski definition) is 1. The molecule has 2 aliphatic rings. The number of primary amides is 1. The molecule has 0 saturated heterocycles. The van der Waals surface area contributed by atoms with Crippen molar-refractivity contribution in [1.29, 1.82) is 0 Å². The number of carbonyl (C=O) groups excluding carboxylic acids is 2. The van der Waals surface area contributed by atoms with Gasteiger partial charge in [0, 0.05) is 5.56 Å². The predicted octanol–water partition coefficient (Wildman–Crippen LogP) is 2.26. The monoisotopic (exact) mass is 273 g/mol. The van der Waals surface area contributed by atoms with Gasteiger partial charge in [0.2, 0.25) is 5.91 Å². The lowest BCUT2D eigenvalue weighted by atomic mass is 9.89. The van der Waals surface area contributed by atoms with Crippen molar-refractivity contribution in [2.45, 2.75) is 32.3 Å². The maximum Gasteiger partial charge on any atom is 0.309 e. The van der Waals surface area contributed by atoms with Crippen LogP contribution in [0.15, 0.2) is 24.3 Å². The molecule has 1 aromatic rings. The first-order valence-corrected chi connectivity index (χ1v) is 7.19. The maximum atomic E-state index is 12.1. The molecule has 3 rings (SSSR count). The molecule has 1 amide bonds. The molecule has 0 spiro atoms. The van der Waals surface area contributed by atoms with Gasteiger partial charge in [0.1, 0.15) is 6.61 Å². The van der Waals surface area contributed by atoms with Crippen molar-refractivity contribution in [3.63, 3.8) is 0 Å².